The summed E-state index contributed by atoms with van der Waals surface area (Å²) in [5.41, 5.74) is 1.73. The van der Waals surface area contributed by atoms with Crippen molar-refractivity contribution in [2.24, 2.45) is 0 Å². The zero-order valence-corrected chi connectivity index (χ0v) is 18.1. The first-order valence-electron chi connectivity index (χ1n) is 10.1. The Kier molecular flexibility index (Phi) is 6.40. The molecular formula is C21H24N4O3S2. The predicted molar refractivity (Wildman–Crippen MR) is 117 cm³/mol. The minimum absolute atomic E-state index is 0.0391. The molecule has 30 heavy (non-hydrogen) atoms. The summed E-state index contributed by atoms with van der Waals surface area (Å²) in [6.07, 6.45) is 5.47. The van der Waals surface area contributed by atoms with Gasteiger partial charge in [0, 0.05) is 6.04 Å². The van der Waals surface area contributed by atoms with Crippen LogP contribution in [0.25, 0.3) is 11.0 Å². The number of amides is 1. The Morgan fingerprint density at radius 2 is 1.80 bits per heavy atom. The normalized spacial score (nSPS) is 16.4. The third kappa shape index (κ3) is 4.85. The number of carbonyl (C=O) groups is 1. The lowest BCUT2D eigenvalue weighted by Gasteiger charge is -2.26. The predicted octanol–water partition coefficient (Wildman–Crippen LogP) is 3.03. The maximum Gasteiger partial charge on any atom is 0.243 e. The highest BCUT2D eigenvalue weighted by Crippen LogP contribution is 2.22. The quantitative estimate of drug-likeness (QED) is 0.583. The zero-order valence-electron chi connectivity index (χ0n) is 16.5. The second-order valence-electron chi connectivity index (χ2n) is 7.60. The Balaban J connectivity index is 1.59. The zero-order chi connectivity index (χ0) is 21.0. The summed E-state index contributed by atoms with van der Waals surface area (Å²) < 4.78 is 37.2. The molecule has 7 nitrogen and oxygen atoms in total. The average Bonchev–Trinajstić information content (AvgIpc) is 3.23. The number of fused-ring (bicyclic) bond motifs is 1. The van der Waals surface area contributed by atoms with Crippen molar-refractivity contribution in [1.82, 2.24) is 18.8 Å². The summed E-state index contributed by atoms with van der Waals surface area (Å²) in [4.78, 5) is 13.1. The van der Waals surface area contributed by atoms with E-state index >= 15 is 0 Å². The van der Waals surface area contributed by atoms with Crippen LogP contribution in [0.1, 0.15) is 37.7 Å². The van der Waals surface area contributed by atoms with E-state index in [1.807, 2.05) is 30.3 Å². The van der Waals surface area contributed by atoms with Gasteiger partial charge in [-0.05, 0) is 37.0 Å². The van der Waals surface area contributed by atoms with Gasteiger partial charge < -0.3 is 5.32 Å². The Morgan fingerprint density at radius 1 is 1.03 bits per heavy atom. The van der Waals surface area contributed by atoms with Crippen molar-refractivity contribution < 1.29 is 13.2 Å². The first-order valence-corrected chi connectivity index (χ1v) is 12.3. The largest absolute Gasteiger partial charge is 0.352 e. The number of sulfonamides is 1. The number of nitrogens with zero attached hydrogens (tertiary/aromatic N) is 2. The molecule has 1 aromatic heterocycles. The molecule has 1 atom stereocenters. The maximum atomic E-state index is 13.2. The van der Waals surface area contributed by atoms with Gasteiger partial charge in [0.05, 0.1) is 11.7 Å². The first-order chi connectivity index (χ1) is 14.5. The number of hydrogen-bond acceptors (Lipinski definition) is 6. The van der Waals surface area contributed by atoms with E-state index in [1.54, 1.807) is 12.1 Å². The minimum Gasteiger partial charge on any atom is -0.352 e. The molecule has 3 aromatic rings. The third-order valence-corrected chi connectivity index (χ3v) is 7.43. The first kappa shape index (κ1) is 20.9. The van der Waals surface area contributed by atoms with Crippen molar-refractivity contribution in [3.8, 4) is 0 Å². The molecule has 0 aliphatic heterocycles. The van der Waals surface area contributed by atoms with Crippen LogP contribution in [0.3, 0.4) is 0 Å². The third-order valence-electron chi connectivity index (χ3n) is 5.39. The van der Waals surface area contributed by atoms with E-state index in [1.165, 1.54) is 12.5 Å². The molecule has 158 valence electrons. The molecule has 1 aliphatic carbocycles. The summed E-state index contributed by atoms with van der Waals surface area (Å²) in [6, 6.07) is 13.4. The van der Waals surface area contributed by atoms with Crippen molar-refractivity contribution in [3.63, 3.8) is 0 Å². The average molecular weight is 445 g/mol. The van der Waals surface area contributed by atoms with Crippen LogP contribution < -0.4 is 10.0 Å². The number of hydrogen-bond donors (Lipinski definition) is 2. The molecule has 1 aliphatic rings. The smallest absolute Gasteiger partial charge is 0.243 e. The highest BCUT2D eigenvalue weighted by atomic mass is 32.2. The van der Waals surface area contributed by atoms with Crippen LogP contribution in [0, 0.1) is 0 Å². The summed E-state index contributed by atoms with van der Waals surface area (Å²) in [7, 11) is -3.97. The molecule has 2 N–H and O–H groups in total. The topological polar surface area (TPSA) is 101 Å². The number of benzene rings is 2. The second kappa shape index (κ2) is 9.20. The molecule has 0 spiro atoms. The van der Waals surface area contributed by atoms with Crippen molar-refractivity contribution in [3.05, 3.63) is 54.1 Å². The number of aromatic nitrogens is 2. The van der Waals surface area contributed by atoms with Crippen LogP contribution in [-0.2, 0) is 21.2 Å². The van der Waals surface area contributed by atoms with Gasteiger partial charge in [-0.3, -0.25) is 4.79 Å². The maximum absolute atomic E-state index is 13.2. The van der Waals surface area contributed by atoms with E-state index in [0.29, 0.717) is 11.0 Å². The van der Waals surface area contributed by atoms with Crippen LogP contribution >= 0.6 is 11.7 Å². The molecule has 1 fully saturated rings. The molecule has 0 unspecified atom stereocenters. The SMILES string of the molecule is O=C(NC1CCCCC1)[C@H](Cc1ccccc1)NS(=O)(=O)c1cccc2nsnc12. The van der Waals surface area contributed by atoms with Crippen LogP contribution in [0.5, 0.6) is 0 Å². The van der Waals surface area contributed by atoms with Gasteiger partial charge in [-0.25, -0.2) is 8.42 Å². The minimum atomic E-state index is -3.97. The van der Waals surface area contributed by atoms with Gasteiger partial charge in [-0.2, -0.15) is 13.5 Å². The Bertz CT molecular complexity index is 1110. The van der Waals surface area contributed by atoms with Gasteiger partial charge in [0.2, 0.25) is 15.9 Å². The Hall–Kier alpha value is -2.36. The molecule has 1 saturated carbocycles. The Labute approximate surface area is 180 Å². The molecule has 4 rings (SSSR count). The fourth-order valence-corrected chi connectivity index (χ4v) is 5.80. The summed E-state index contributed by atoms with van der Waals surface area (Å²) in [5, 5.41) is 3.05. The fraction of sp³-hybridized carbons (Fsp3) is 0.381. The summed E-state index contributed by atoms with van der Waals surface area (Å²) in [6.45, 7) is 0. The fourth-order valence-electron chi connectivity index (χ4n) is 3.84. The van der Waals surface area contributed by atoms with E-state index in [2.05, 4.69) is 18.8 Å². The van der Waals surface area contributed by atoms with Crippen LogP contribution in [0.4, 0.5) is 0 Å². The summed E-state index contributed by atoms with van der Waals surface area (Å²) in [5.74, 6) is -0.294. The molecule has 9 heteroatoms. The van der Waals surface area contributed by atoms with Crippen LogP contribution in [0.15, 0.2) is 53.4 Å². The van der Waals surface area contributed by atoms with Gasteiger partial charge in [0.1, 0.15) is 22.0 Å². The standard InChI is InChI=1S/C21H24N4O3S2/c26-21(22-16-10-5-2-6-11-16)18(14-15-8-3-1-4-9-15)25-30(27,28)19-13-7-12-17-20(19)24-29-23-17/h1,3-4,7-9,12-13,16,18,25H,2,5-6,10-11,14H2,(H,22,26)/t18-/m0/s1. The van der Waals surface area contributed by atoms with E-state index in [-0.39, 0.29) is 23.3 Å². The number of rotatable bonds is 7. The Morgan fingerprint density at radius 3 is 2.57 bits per heavy atom. The molecule has 2 aromatic carbocycles. The van der Waals surface area contributed by atoms with Gasteiger partial charge in [0.15, 0.2) is 0 Å². The molecule has 1 heterocycles. The highest BCUT2D eigenvalue weighted by molar-refractivity contribution is 7.89. The van der Waals surface area contributed by atoms with E-state index in [0.717, 1.165) is 43.0 Å². The van der Waals surface area contributed by atoms with Gasteiger partial charge >= 0.3 is 0 Å². The highest BCUT2D eigenvalue weighted by Gasteiger charge is 2.29. The van der Waals surface area contributed by atoms with Gasteiger partial charge in [-0.15, -0.1) is 0 Å². The van der Waals surface area contributed by atoms with Crippen molar-refractivity contribution in [2.75, 3.05) is 0 Å². The molecular weight excluding hydrogens is 420 g/mol. The van der Waals surface area contributed by atoms with Crippen LogP contribution in [-0.4, -0.2) is 35.2 Å². The van der Waals surface area contributed by atoms with Crippen molar-refractivity contribution in [1.29, 1.82) is 0 Å². The van der Waals surface area contributed by atoms with E-state index in [4.69, 9.17) is 0 Å². The lowest BCUT2D eigenvalue weighted by molar-refractivity contribution is -0.123. The molecule has 1 amide bonds. The molecule has 0 radical (unpaired) electrons. The molecule has 0 saturated heterocycles. The van der Waals surface area contributed by atoms with E-state index < -0.39 is 16.1 Å². The lowest BCUT2D eigenvalue weighted by atomic mass is 9.95. The lowest BCUT2D eigenvalue weighted by Crippen LogP contribution is -2.51. The number of carbonyl (C=O) groups excluding carboxylic acids is 1. The number of nitrogens with one attached hydrogen (secondary N) is 2. The summed E-state index contributed by atoms with van der Waals surface area (Å²) >= 11 is 0.963. The van der Waals surface area contributed by atoms with Crippen LogP contribution in [0.2, 0.25) is 0 Å². The van der Waals surface area contributed by atoms with Gasteiger partial charge in [-0.1, -0.05) is 55.7 Å². The monoisotopic (exact) mass is 444 g/mol. The second-order valence-corrected chi connectivity index (χ2v) is 9.81. The van der Waals surface area contributed by atoms with Gasteiger partial charge in [0.25, 0.3) is 0 Å². The molecule has 0 bridgehead atoms. The van der Waals surface area contributed by atoms with Crippen molar-refractivity contribution in [2.45, 2.75) is 55.5 Å². The van der Waals surface area contributed by atoms with Crippen molar-refractivity contribution >= 4 is 38.7 Å². The van der Waals surface area contributed by atoms with E-state index in [9.17, 15) is 13.2 Å².